The van der Waals surface area contributed by atoms with Gasteiger partial charge in [-0.25, -0.2) is 0 Å². The van der Waals surface area contributed by atoms with Crippen LogP contribution in [-0.4, -0.2) is 5.88 Å². The predicted octanol–water partition coefficient (Wildman–Crippen LogP) is 5.78. The summed E-state index contributed by atoms with van der Waals surface area (Å²) in [4.78, 5) is 0. The lowest BCUT2D eigenvalue weighted by molar-refractivity contribution is 0.0956. The largest absolute Gasteiger partial charge is 0.126 e. The number of hydrogen-bond donors (Lipinski definition) is 0. The van der Waals surface area contributed by atoms with Crippen LogP contribution in [0.1, 0.15) is 77.6 Å². The van der Waals surface area contributed by atoms with Crippen molar-refractivity contribution in [3.63, 3.8) is 0 Å². The molecule has 0 aromatic heterocycles. The third-order valence-corrected chi connectivity index (χ3v) is 6.09. The van der Waals surface area contributed by atoms with Crippen LogP contribution in [0.3, 0.4) is 0 Å². The summed E-state index contributed by atoms with van der Waals surface area (Å²) in [5, 5.41) is 0. The van der Waals surface area contributed by atoms with E-state index in [1.54, 1.807) is 0 Å². The van der Waals surface area contributed by atoms with Gasteiger partial charge in [0.1, 0.15) is 0 Å². The van der Waals surface area contributed by atoms with E-state index in [0.29, 0.717) is 5.41 Å². The summed E-state index contributed by atoms with van der Waals surface area (Å²) in [7, 11) is 0. The molecule has 100 valence electrons. The molecule has 2 rings (SSSR count). The second-order valence-corrected chi connectivity index (χ2v) is 6.83. The molecule has 0 nitrogen and oxygen atoms in total. The van der Waals surface area contributed by atoms with Crippen LogP contribution in [0.5, 0.6) is 0 Å². The number of alkyl halides is 1. The summed E-state index contributed by atoms with van der Waals surface area (Å²) in [5.74, 6) is 2.91. The van der Waals surface area contributed by atoms with E-state index in [9.17, 15) is 0 Å². The Kier molecular flexibility index (Phi) is 5.21. The second-order valence-electron chi connectivity index (χ2n) is 6.56. The molecule has 0 aromatic rings. The zero-order valence-corrected chi connectivity index (χ0v) is 12.3. The van der Waals surface area contributed by atoms with Crippen LogP contribution in [0, 0.1) is 17.3 Å². The molecule has 0 aromatic carbocycles. The lowest BCUT2D eigenvalue weighted by Crippen LogP contribution is -2.35. The smallest absolute Gasteiger partial charge is 0.0282 e. The van der Waals surface area contributed by atoms with E-state index >= 15 is 0 Å². The molecule has 2 aliphatic carbocycles. The summed E-state index contributed by atoms with van der Waals surface area (Å²) in [6.45, 7) is 2.31. The monoisotopic (exact) mass is 256 g/mol. The van der Waals surface area contributed by atoms with Crippen LogP contribution >= 0.6 is 11.6 Å². The molecule has 0 heterocycles. The molecule has 1 heteroatoms. The van der Waals surface area contributed by atoms with Crippen molar-refractivity contribution in [3.05, 3.63) is 0 Å². The van der Waals surface area contributed by atoms with Gasteiger partial charge in [0.25, 0.3) is 0 Å². The number of halogens is 1. The van der Waals surface area contributed by atoms with E-state index in [-0.39, 0.29) is 0 Å². The summed E-state index contributed by atoms with van der Waals surface area (Å²) in [6, 6.07) is 0. The molecule has 0 amide bonds. The minimum absolute atomic E-state index is 0.542. The topological polar surface area (TPSA) is 0 Å². The standard InChI is InChI=1S/C16H29Cl/c1-2-3-6-14-9-11-16(13-17,12-10-14)15-7-4-5-8-15/h14-15H,2-13H2,1H3. The van der Waals surface area contributed by atoms with Gasteiger partial charge >= 0.3 is 0 Å². The first-order valence-corrected chi connectivity index (χ1v) is 8.40. The van der Waals surface area contributed by atoms with Crippen LogP contribution < -0.4 is 0 Å². The van der Waals surface area contributed by atoms with E-state index in [1.807, 2.05) is 0 Å². The first-order chi connectivity index (χ1) is 8.30. The van der Waals surface area contributed by atoms with Gasteiger partial charge in [-0.05, 0) is 55.8 Å². The van der Waals surface area contributed by atoms with E-state index in [1.165, 1.54) is 70.6 Å². The van der Waals surface area contributed by atoms with Crippen molar-refractivity contribution < 1.29 is 0 Å². The Balaban J connectivity index is 1.85. The Hall–Kier alpha value is 0.290. The minimum atomic E-state index is 0.542. The van der Waals surface area contributed by atoms with Gasteiger partial charge < -0.3 is 0 Å². The van der Waals surface area contributed by atoms with Crippen LogP contribution in [0.25, 0.3) is 0 Å². The summed E-state index contributed by atoms with van der Waals surface area (Å²) < 4.78 is 0. The summed E-state index contributed by atoms with van der Waals surface area (Å²) in [6.07, 6.45) is 15.9. The fourth-order valence-electron chi connectivity index (χ4n) is 4.22. The molecule has 0 radical (unpaired) electrons. The first kappa shape index (κ1) is 13.7. The third kappa shape index (κ3) is 3.19. The molecule has 0 aliphatic heterocycles. The van der Waals surface area contributed by atoms with Crippen molar-refractivity contribution in [2.45, 2.75) is 77.6 Å². The quantitative estimate of drug-likeness (QED) is 0.547. The molecule has 0 spiro atoms. The highest BCUT2D eigenvalue weighted by Crippen LogP contribution is 2.51. The first-order valence-electron chi connectivity index (χ1n) is 7.86. The van der Waals surface area contributed by atoms with E-state index < -0.39 is 0 Å². The molecule has 0 bridgehead atoms. The van der Waals surface area contributed by atoms with Crippen molar-refractivity contribution in [2.75, 3.05) is 5.88 Å². The van der Waals surface area contributed by atoms with E-state index in [2.05, 4.69) is 6.92 Å². The van der Waals surface area contributed by atoms with Crippen molar-refractivity contribution >= 4 is 11.6 Å². The van der Waals surface area contributed by atoms with Gasteiger partial charge in [-0.3, -0.25) is 0 Å². The van der Waals surface area contributed by atoms with Gasteiger partial charge in [0, 0.05) is 5.88 Å². The van der Waals surface area contributed by atoms with E-state index in [0.717, 1.165) is 17.7 Å². The van der Waals surface area contributed by atoms with E-state index in [4.69, 9.17) is 11.6 Å². The Bertz CT molecular complexity index is 210. The molecule has 17 heavy (non-hydrogen) atoms. The van der Waals surface area contributed by atoms with Gasteiger partial charge in [0.05, 0.1) is 0 Å². The molecule has 0 N–H and O–H groups in total. The Labute approximate surface area is 113 Å². The normalized spacial score (nSPS) is 35.3. The maximum absolute atomic E-state index is 6.37. The Morgan fingerprint density at radius 1 is 1.06 bits per heavy atom. The molecule has 2 saturated carbocycles. The Morgan fingerprint density at radius 2 is 1.71 bits per heavy atom. The van der Waals surface area contributed by atoms with Crippen LogP contribution in [0.4, 0.5) is 0 Å². The summed E-state index contributed by atoms with van der Waals surface area (Å²) >= 11 is 6.37. The second kappa shape index (κ2) is 6.45. The van der Waals surface area contributed by atoms with Crippen molar-refractivity contribution in [3.8, 4) is 0 Å². The van der Waals surface area contributed by atoms with Gasteiger partial charge in [0.15, 0.2) is 0 Å². The molecule has 0 atom stereocenters. The van der Waals surface area contributed by atoms with Crippen molar-refractivity contribution in [2.24, 2.45) is 17.3 Å². The van der Waals surface area contributed by atoms with Gasteiger partial charge in [-0.2, -0.15) is 0 Å². The average molecular weight is 257 g/mol. The molecular formula is C16H29Cl. The molecule has 0 unspecified atom stereocenters. The lowest BCUT2D eigenvalue weighted by atomic mass is 9.63. The highest BCUT2D eigenvalue weighted by Gasteiger charge is 2.41. The number of rotatable bonds is 5. The van der Waals surface area contributed by atoms with Gasteiger partial charge in [0.2, 0.25) is 0 Å². The van der Waals surface area contributed by atoms with Crippen LogP contribution in [-0.2, 0) is 0 Å². The predicted molar refractivity (Wildman–Crippen MR) is 76.6 cm³/mol. The molecule has 2 aliphatic rings. The number of hydrogen-bond acceptors (Lipinski definition) is 0. The zero-order chi connectivity index (χ0) is 12.1. The number of unbranched alkanes of at least 4 members (excludes halogenated alkanes) is 1. The maximum atomic E-state index is 6.37. The highest BCUT2D eigenvalue weighted by molar-refractivity contribution is 6.18. The average Bonchev–Trinajstić information content (AvgIpc) is 2.91. The fraction of sp³-hybridized carbons (Fsp3) is 1.00. The van der Waals surface area contributed by atoms with Gasteiger partial charge in [-0.15, -0.1) is 11.6 Å². The molecule has 0 saturated heterocycles. The van der Waals surface area contributed by atoms with Crippen LogP contribution in [0.15, 0.2) is 0 Å². The van der Waals surface area contributed by atoms with Crippen LogP contribution in [0.2, 0.25) is 0 Å². The maximum Gasteiger partial charge on any atom is 0.0282 e. The fourth-order valence-corrected chi connectivity index (χ4v) is 4.71. The molecular weight excluding hydrogens is 228 g/mol. The highest BCUT2D eigenvalue weighted by atomic mass is 35.5. The molecule has 2 fully saturated rings. The summed E-state index contributed by atoms with van der Waals surface area (Å²) in [5.41, 5.74) is 0.542. The SMILES string of the molecule is CCCCC1CCC(CCl)(C2CCCC2)CC1. The zero-order valence-electron chi connectivity index (χ0n) is 11.5. The third-order valence-electron chi connectivity index (χ3n) is 5.55. The Morgan fingerprint density at radius 3 is 2.24 bits per heavy atom. The van der Waals surface area contributed by atoms with Gasteiger partial charge in [-0.1, -0.05) is 39.0 Å². The van der Waals surface area contributed by atoms with Crippen molar-refractivity contribution in [1.82, 2.24) is 0 Å². The lowest BCUT2D eigenvalue weighted by Gasteiger charge is -2.43. The van der Waals surface area contributed by atoms with Crippen molar-refractivity contribution in [1.29, 1.82) is 0 Å². The minimum Gasteiger partial charge on any atom is -0.126 e.